The van der Waals surface area contributed by atoms with E-state index in [1.807, 2.05) is 0 Å². The van der Waals surface area contributed by atoms with Crippen LogP contribution in [-0.4, -0.2) is 18.4 Å². The highest BCUT2D eigenvalue weighted by molar-refractivity contribution is 14.1. The minimum Gasteiger partial charge on any atom is -0.410 e. The van der Waals surface area contributed by atoms with Crippen LogP contribution < -0.4 is 0 Å². The maximum absolute atomic E-state index is 13.2. The van der Waals surface area contributed by atoms with Gasteiger partial charge in [0.15, 0.2) is 8.32 Å². The lowest BCUT2D eigenvalue weighted by molar-refractivity contribution is -0.137. The summed E-state index contributed by atoms with van der Waals surface area (Å²) in [6, 6.07) is 4.87. The molecule has 2 aromatic rings. The molecule has 3 nitrogen and oxygen atoms in total. The van der Waals surface area contributed by atoms with Gasteiger partial charge in [0.25, 0.3) is 0 Å². The lowest BCUT2D eigenvalue weighted by Gasteiger charge is -2.45. The van der Waals surface area contributed by atoms with E-state index in [9.17, 15) is 18.3 Å². The molecule has 204 valence electrons. The van der Waals surface area contributed by atoms with Gasteiger partial charge in [0.05, 0.1) is 17.4 Å². The lowest BCUT2D eigenvalue weighted by Crippen LogP contribution is -2.44. The van der Waals surface area contributed by atoms with Gasteiger partial charge in [0, 0.05) is 26.3 Å². The maximum atomic E-state index is 13.2. The van der Waals surface area contributed by atoms with Gasteiger partial charge in [-0.25, -0.2) is 0 Å². The van der Waals surface area contributed by atoms with Gasteiger partial charge in [-0.2, -0.15) is 13.2 Å². The third kappa shape index (κ3) is 5.82. The highest BCUT2D eigenvalue weighted by Gasteiger charge is 2.45. The fraction of sp³-hybridized carbons (Fsp3) is 0.621. The molecule has 0 amide bonds. The molecular weight excluding hydrogens is 606 g/mol. The van der Waals surface area contributed by atoms with Crippen LogP contribution >= 0.6 is 22.6 Å². The van der Waals surface area contributed by atoms with Crippen LogP contribution in [0.15, 0.2) is 24.3 Å². The average molecular weight is 646 g/mol. The third-order valence-corrected chi connectivity index (χ3v) is 14.2. The van der Waals surface area contributed by atoms with Crippen molar-refractivity contribution in [2.45, 2.75) is 109 Å². The number of nitrogens with zero attached hydrogens (tertiary/aromatic N) is 1. The Morgan fingerprint density at radius 1 is 1.11 bits per heavy atom. The van der Waals surface area contributed by atoms with Crippen LogP contribution in [0, 0.1) is 8.99 Å². The molecule has 2 aliphatic rings. The van der Waals surface area contributed by atoms with Gasteiger partial charge in [-0.3, -0.25) is 4.98 Å². The molecule has 0 radical (unpaired) electrons. The Bertz CT molecular complexity index is 1150. The first-order chi connectivity index (χ1) is 16.9. The summed E-state index contributed by atoms with van der Waals surface area (Å²) < 4.78 is 47.4. The van der Waals surface area contributed by atoms with E-state index in [0.29, 0.717) is 5.56 Å². The van der Waals surface area contributed by atoms with E-state index < -0.39 is 26.2 Å². The zero-order chi connectivity index (χ0) is 27.6. The van der Waals surface area contributed by atoms with Crippen molar-refractivity contribution in [3.05, 3.63) is 61.5 Å². The highest BCUT2D eigenvalue weighted by atomic mass is 127. The summed E-state index contributed by atoms with van der Waals surface area (Å²) in [4.78, 5) is 5.23. The summed E-state index contributed by atoms with van der Waals surface area (Å²) in [5.41, 5.74) is 3.53. The minimum atomic E-state index is -4.41. The Labute approximate surface area is 233 Å². The van der Waals surface area contributed by atoms with Crippen molar-refractivity contribution in [2.24, 2.45) is 5.41 Å². The Morgan fingerprint density at radius 2 is 1.70 bits per heavy atom. The molecule has 1 fully saturated rings. The predicted octanol–water partition coefficient (Wildman–Crippen LogP) is 9.09. The molecule has 37 heavy (non-hydrogen) atoms. The fourth-order valence-corrected chi connectivity index (χ4v) is 7.64. The van der Waals surface area contributed by atoms with Gasteiger partial charge in [-0.1, -0.05) is 53.2 Å². The Hall–Kier alpha value is -0.973. The van der Waals surface area contributed by atoms with Crippen molar-refractivity contribution in [1.82, 2.24) is 4.98 Å². The van der Waals surface area contributed by atoms with E-state index in [2.05, 4.69) is 70.3 Å². The van der Waals surface area contributed by atoms with E-state index in [1.165, 1.54) is 12.1 Å². The zero-order valence-corrected chi connectivity index (χ0v) is 26.0. The first-order valence-corrected chi connectivity index (χ1v) is 17.1. The maximum Gasteiger partial charge on any atom is 0.416 e. The highest BCUT2D eigenvalue weighted by Crippen LogP contribution is 2.51. The lowest BCUT2D eigenvalue weighted by atomic mass is 9.73. The molecule has 1 N–H and O–H groups in total. The van der Waals surface area contributed by atoms with E-state index in [-0.39, 0.29) is 22.5 Å². The Morgan fingerprint density at radius 3 is 2.19 bits per heavy atom. The monoisotopic (exact) mass is 645 g/mol. The van der Waals surface area contributed by atoms with Gasteiger partial charge in [0.2, 0.25) is 0 Å². The van der Waals surface area contributed by atoms with Crippen molar-refractivity contribution < 1.29 is 22.7 Å². The first kappa shape index (κ1) is 29.0. The second-order valence-corrected chi connectivity index (χ2v) is 19.0. The summed E-state index contributed by atoms with van der Waals surface area (Å²) in [5, 5.41) is 11.7. The zero-order valence-electron chi connectivity index (χ0n) is 22.9. The molecular formula is C29H39F3INO2Si. The number of pyridine rings is 1. The number of aliphatic hydroxyl groups is 1. The number of hydrogen-bond donors (Lipinski definition) is 1. The van der Waals surface area contributed by atoms with Crippen molar-refractivity contribution in [2.75, 3.05) is 0 Å². The number of hydrogen-bond acceptors (Lipinski definition) is 3. The van der Waals surface area contributed by atoms with E-state index >= 15 is 0 Å². The van der Waals surface area contributed by atoms with Crippen LogP contribution in [0.5, 0.6) is 0 Å². The molecule has 0 bridgehead atoms. The number of halogens is 4. The van der Waals surface area contributed by atoms with Crippen molar-refractivity contribution in [3.63, 3.8) is 0 Å². The number of rotatable bonds is 5. The van der Waals surface area contributed by atoms with Gasteiger partial charge in [-0.15, -0.1) is 0 Å². The molecule has 1 saturated carbocycles. The van der Waals surface area contributed by atoms with Crippen LogP contribution in [0.25, 0.3) is 0 Å². The summed E-state index contributed by atoms with van der Waals surface area (Å²) >= 11 is 2.34. The van der Waals surface area contributed by atoms with Crippen molar-refractivity contribution in [3.8, 4) is 0 Å². The molecule has 4 rings (SSSR count). The van der Waals surface area contributed by atoms with E-state index in [1.54, 1.807) is 0 Å². The van der Waals surface area contributed by atoms with Crippen molar-refractivity contribution in [1.29, 1.82) is 0 Å². The molecule has 1 heterocycles. The molecule has 0 saturated heterocycles. The van der Waals surface area contributed by atoms with Crippen LogP contribution in [0.4, 0.5) is 13.2 Å². The van der Waals surface area contributed by atoms with E-state index in [0.717, 1.165) is 70.3 Å². The summed E-state index contributed by atoms with van der Waals surface area (Å²) in [6.07, 6.45) is -0.736. The standard InChI is InChI=1S/C29H39F3INO2Si/c1-27(2,3)37(6,7)36-21-16-28(4,5)15-20-22(21)24(33)23(25(34-20)17-9-8-10-17)26(35)18-11-13-19(14-12-18)29(30,31)32/h11-14,17,21,26,35H,8-10,15-16H2,1-7H3/t21-,26?/m0/s1. The number of alkyl halides is 3. The smallest absolute Gasteiger partial charge is 0.410 e. The molecule has 1 aromatic carbocycles. The molecule has 1 aromatic heterocycles. The molecule has 8 heteroatoms. The van der Waals surface area contributed by atoms with Gasteiger partial charge in [-0.05, 0) is 89.5 Å². The summed E-state index contributed by atoms with van der Waals surface area (Å²) in [7, 11) is -2.11. The van der Waals surface area contributed by atoms with Gasteiger partial charge < -0.3 is 9.53 Å². The second kappa shape index (κ2) is 9.89. The largest absolute Gasteiger partial charge is 0.416 e. The normalized spacial score (nSPS) is 21.4. The quantitative estimate of drug-likeness (QED) is 0.261. The predicted molar refractivity (Wildman–Crippen MR) is 152 cm³/mol. The number of aliphatic hydroxyl groups excluding tert-OH is 1. The molecule has 0 aliphatic heterocycles. The van der Waals surface area contributed by atoms with Crippen LogP contribution in [0.1, 0.15) is 112 Å². The second-order valence-electron chi connectivity index (χ2n) is 13.1. The van der Waals surface area contributed by atoms with E-state index in [4.69, 9.17) is 9.41 Å². The van der Waals surface area contributed by atoms with Crippen molar-refractivity contribution >= 4 is 30.9 Å². The average Bonchev–Trinajstić information content (AvgIpc) is 2.69. The van der Waals surface area contributed by atoms with Crippen LogP contribution in [0.3, 0.4) is 0 Å². The molecule has 1 unspecified atom stereocenters. The minimum absolute atomic E-state index is 0.0283. The Kier molecular flexibility index (Phi) is 7.76. The third-order valence-electron chi connectivity index (χ3n) is 8.58. The van der Waals surface area contributed by atoms with Crippen LogP contribution in [0.2, 0.25) is 18.1 Å². The molecule has 2 aliphatic carbocycles. The van der Waals surface area contributed by atoms with Gasteiger partial charge in [0.1, 0.15) is 6.10 Å². The topological polar surface area (TPSA) is 42.4 Å². The SMILES string of the molecule is CC1(C)Cc2nc(C3CCC3)c(C(O)c3ccc(C(F)(F)F)cc3)c(I)c2[C@@H](O[Si](C)(C)C(C)(C)C)C1. The van der Waals surface area contributed by atoms with Crippen LogP contribution in [-0.2, 0) is 17.0 Å². The number of aromatic nitrogens is 1. The summed E-state index contributed by atoms with van der Waals surface area (Å²) in [6.45, 7) is 15.7. The molecule has 2 atom stereocenters. The Balaban J connectivity index is 1.85. The number of fused-ring (bicyclic) bond motifs is 1. The number of benzene rings is 1. The molecule has 0 spiro atoms. The van der Waals surface area contributed by atoms with Gasteiger partial charge >= 0.3 is 6.18 Å². The first-order valence-electron chi connectivity index (χ1n) is 13.2. The fourth-order valence-electron chi connectivity index (χ4n) is 5.15. The summed E-state index contributed by atoms with van der Waals surface area (Å²) in [5.74, 6) is 0.266.